The van der Waals surface area contributed by atoms with Gasteiger partial charge in [-0.2, -0.15) is 0 Å². The number of aliphatic hydroxyl groups excluding tert-OH is 1. The molecule has 3 nitrogen and oxygen atoms in total. The molecule has 0 bridgehead atoms. The Balaban J connectivity index is 1.74. The summed E-state index contributed by atoms with van der Waals surface area (Å²) in [5.74, 6) is 0. The molecule has 1 aliphatic rings. The third kappa shape index (κ3) is 2.61. The van der Waals surface area contributed by atoms with Crippen LogP contribution in [-0.2, 0) is 6.42 Å². The van der Waals surface area contributed by atoms with Gasteiger partial charge in [-0.3, -0.25) is 4.98 Å². The van der Waals surface area contributed by atoms with Gasteiger partial charge in [-0.25, -0.2) is 0 Å². The van der Waals surface area contributed by atoms with Gasteiger partial charge >= 0.3 is 0 Å². The van der Waals surface area contributed by atoms with Gasteiger partial charge < -0.3 is 10.0 Å². The van der Waals surface area contributed by atoms with Crippen LogP contribution in [0, 0.1) is 0 Å². The van der Waals surface area contributed by atoms with Crippen molar-refractivity contribution in [2.45, 2.75) is 18.9 Å². The number of aromatic nitrogens is 1. The Bertz CT molecular complexity index is 541. The lowest BCUT2D eigenvalue weighted by atomic mass is 9.98. The molecular weight excluding hydrogens is 236 g/mol. The number of rotatable bonds is 3. The van der Waals surface area contributed by atoms with E-state index < -0.39 is 0 Å². The van der Waals surface area contributed by atoms with Crippen LogP contribution in [-0.4, -0.2) is 23.2 Å². The van der Waals surface area contributed by atoms with Crippen molar-refractivity contribution in [3.05, 3.63) is 59.9 Å². The van der Waals surface area contributed by atoms with Gasteiger partial charge in [0, 0.05) is 36.7 Å². The second-order valence-corrected chi connectivity index (χ2v) is 4.96. The third-order valence-electron chi connectivity index (χ3n) is 3.73. The quantitative estimate of drug-likeness (QED) is 0.914. The molecule has 1 N–H and O–H groups in total. The number of pyridine rings is 1. The Hall–Kier alpha value is -1.87. The normalized spacial score (nSPS) is 18.2. The van der Waals surface area contributed by atoms with E-state index in [1.165, 1.54) is 11.3 Å². The molecule has 0 radical (unpaired) electrons. The summed E-state index contributed by atoms with van der Waals surface area (Å²) in [5, 5.41) is 10.0. The molecule has 1 aromatic carbocycles. The maximum absolute atomic E-state index is 10.0. The fourth-order valence-electron chi connectivity index (χ4n) is 2.66. The summed E-state index contributed by atoms with van der Waals surface area (Å²) in [6, 6.07) is 12.3. The Morgan fingerprint density at radius 2 is 1.95 bits per heavy atom. The molecule has 98 valence electrons. The van der Waals surface area contributed by atoms with Crippen molar-refractivity contribution in [2.24, 2.45) is 0 Å². The monoisotopic (exact) mass is 254 g/mol. The first-order chi connectivity index (χ1) is 9.34. The number of hydrogen-bond donors (Lipinski definition) is 1. The average molecular weight is 254 g/mol. The zero-order valence-corrected chi connectivity index (χ0v) is 10.9. The lowest BCUT2D eigenvalue weighted by Crippen LogP contribution is -2.32. The number of benzene rings is 1. The molecule has 0 saturated carbocycles. The minimum atomic E-state index is -0.312. The lowest BCUT2D eigenvalue weighted by molar-refractivity contribution is 0.164. The first kappa shape index (κ1) is 12.2. The number of aliphatic hydroxyl groups is 1. The molecule has 0 fully saturated rings. The summed E-state index contributed by atoms with van der Waals surface area (Å²) in [6.07, 6.45) is 5.18. The van der Waals surface area contributed by atoms with Crippen LogP contribution < -0.4 is 4.90 Å². The van der Waals surface area contributed by atoms with Crippen molar-refractivity contribution in [3.63, 3.8) is 0 Å². The molecule has 0 saturated heterocycles. The highest BCUT2D eigenvalue weighted by Crippen LogP contribution is 2.33. The molecule has 19 heavy (non-hydrogen) atoms. The van der Waals surface area contributed by atoms with Crippen molar-refractivity contribution in [1.29, 1.82) is 0 Å². The largest absolute Gasteiger partial charge is 0.388 e. The van der Waals surface area contributed by atoms with Crippen LogP contribution in [0.5, 0.6) is 0 Å². The average Bonchev–Trinajstić information content (AvgIpc) is 2.48. The number of fused-ring (bicyclic) bond motifs is 1. The van der Waals surface area contributed by atoms with Crippen molar-refractivity contribution in [3.8, 4) is 0 Å². The molecule has 0 aliphatic carbocycles. The first-order valence-electron chi connectivity index (χ1n) is 6.75. The fraction of sp³-hybridized carbons (Fsp3) is 0.312. The summed E-state index contributed by atoms with van der Waals surface area (Å²) in [5.41, 5.74) is 3.54. The van der Waals surface area contributed by atoms with E-state index in [4.69, 9.17) is 0 Å². The van der Waals surface area contributed by atoms with E-state index in [2.05, 4.69) is 28.1 Å². The van der Waals surface area contributed by atoms with Gasteiger partial charge in [0.15, 0.2) is 0 Å². The Kier molecular flexibility index (Phi) is 3.47. The number of para-hydroxylation sites is 1. The second kappa shape index (κ2) is 5.41. The molecule has 0 spiro atoms. The number of hydrogen-bond acceptors (Lipinski definition) is 3. The van der Waals surface area contributed by atoms with E-state index in [9.17, 15) is 5.11 Å². The summed E-state index contributed by atoms with van der Waals surface area (Å²) >= 11 is 0. The van der Waals surface area contributed by atoms with Crippen LogP contribution in [0.15, 0.2) is 48.8 Å². The summed E-state index contributed by atoms with van der Waals surface area (Å²) < 4.78 is 0. The van der Waals surface area contributed by atoms with Gasteiger partial charge in [0.05, 0.1) is 6.10 Å². The van der Waals surface area contributed by atoms with E-state index >= 15 is 0 Å². The molecule has 1 atom stereocenters. The number of nitrogens with zero attached hydrogens (tertiary/aromatic N) is 2. The van der Waals surface area contributed by atoms with Crippen LogP contribution in [0.3, 0.4) is 0 Å². The van der Waals surface area contributed by atoms with Gasteiger partial charge in [0.2, 0.25) is 0 Å². The number of anilines is 1. The maximum atomic E-state index is 10.0. The summed E-state index contributed by atoms with van der Waals surface area (Å²) in [7, 11) is 0. The molecule has 1 unspecified atom stereocenters. The topological polar surface area (TPSA) is 36.4 Å². The van der Waals surface area contributed by atoms with E-state index in [1.54, 1.807) is 0 Å². The van der Waals surface area contributed by atoms with E-state index in [1.807, 2.05) is 30.6 Å². The molecule has 2 heterocycles. The lowest BCUT2D eigenvalue weighted by Gasteiger charge is -2.33. The van der Waals surface area contributed by atoms with Crippen molar-refractivity contribution >= 4 is 5.69 Å². The van der Waals surface area contributed by atoms with Crippen LogP contribution in [0.4, 0.5) is 5.69 Å². The molecule has 0 amide bonds. The molecule has 3 rings (SSSR count). The molecule has 1 aromatic heterocycles. The Morgan fingerprint density at radius 3 is 2.79 bits per heavy atom. The zero-order chi connectivity index (χ0) is 13.1. The van der Waals surface area contributed by atoms with Crippen molar-refractivity contribution in [1.82, 2.24) is 4.98 Å². The summed E-state index contributed by atoms with van der Waals surface area (Å²) in [6.45, 7) is 1.90. The highest BCUT2D eigenvalue weighted by molar-refractivity contribution is 5.56. The zero-order valence-electron chi connectivity index (χ0n) is 10.9. The standard InChI is InChI=1S/C16H18N2O/c19-16-8-12-18(15-4-2-1-3-14(15)16)11-7-13-5-9-17-10-6-13/h1-6,9-10,16,19H,7-8,11-12H2. The van der Waals surface area contributed by atoms with E-state index in [0.29, 0.717) is 0 Å². The van der Waals surface area contributed by atoms with Gasteiger partial charge in [-0.15, -0.1) is 0 Å². The smallest absolute Gasteiger partial charge is 0.0826 e. The van der Waals surface area contributed by atoms with Gasteiger partial charge in [0.1, 0.15) is 0 Å². The van der Waals surface area contributed by atoms with Crippen molar-refractivity contribution in [2.75, 3.05) is 18.0 Å². The van der Waals surface area contributed by atoms with Crippen LogP contribution in [0.25, 0.3) is 0 Å². The van der Waals surface area contributed by atoms with Gasteiger partial charge in [-0.05, 0) is 36.6 Å². The highest BCUT2D eigenvalue weighted by atomic mass is 16.3. The Morgan fingerprint density at radius 1 is 1.16 bits per heavy atom. The minimum absolute atomic E-state index is 0.312. The van der Waals surface area contributed by atoms with E-state index in [0.717, 1.165) is 31.5 Å². The summed E-state index contributed by atoms with van der Waals surface area (Å²) in [4.78, 5) is 6.40. The first-order valence-corrected chi connectivity index (χ1v) is 6.75. The minimum Gasteiger partial charge on any atom is -0.388 e. The fourth-order valence-corrected chi connectivity index (χ4v) is 2.66. The maximum Gasteiger partial charge on any atom is 0.0826 e. The molecule has 2 aromatic rings. The molecular formula is C16H18N2O. The predicted molar refractivity (Wildman–Crippen MR) is 76.2 cm³/mol. The third-order valence-corrected chi connectivity index (χ3v) is 3.73. The van der Waals surface area contributed by atoms with Crippen molar-refractivity contribution < 1.29 is 5.11 Å². The predicted octanol–water partition coefficient (Wildman–Crippen LogP) is 2.57. The second-order valence-electron chi connectivity index (χ2n) is 4.96. The highest BCUT2D eigenvalue weighted by Gasteiger charge is 2.22. The van der Waals surface area contributed by atoms with Crippen LogP contribution >= 0.6 is 0 Å². The SMILES string of the molecule is OC1CCN(CCc2ccncc2)c2ccccc21. The molecule has 1 aliphatic heterocycles. The van der Waals surface area contributed by atoms with Gasteiger partial charge in [0.25, 0.3) is 0 Å². The van der Waals surface area contributed by atoms with E-state index in [-0.39, 0.29) is 6.10 Å². The van der Waals surface area contributed by atoms with Crippen LogP contribution in [0.2, 0.25) is 0 Å². The van der Waals surface area contributed by atoms with Crippen LogP contribution in [0.1, 0.15) is 23.7 Å². The molecule has 3 heteroatoms. The Labute approximate surface area is 113 Å². The van der Waals surface area contributed by atoms with Gasteiger partial charge in [-0.1, -0.05) is 18.2 Å².